The van der Waals surface area contributed by atoms with E-state index in [1.165, 1.54) is 5.56 Å². The van der Waals surface area contributed by atoms with Crippen LogP contribution in [0.5, 0.6) is 5.75 Å². The number of aromatic nitrogens is 2. The van der Waals surface area contributed by atoms with E-state index in [9.17, 15) is 5.11 Å². The zero-order valence-electron chi connectivity index (χ0n) is 11.9. The number of rotatable bonds is 3. The van der Waals surface area contributed by atoms with Crippen LogP contribution in [0.2, 0.25) is 0 Å². The lowest BCUT2D eigenvalue weighted by molar-refractivity contribution is 0.144. The van der Waals surface area contributed by atoms with E-state index in [1.54, 1.807) is 10.9 Å². The highest BCUT2D eigenvalue weighted by Gasteiger charge is 2.25. The van der Waals surface area contributed by atoms with E-state index in [0.717, 1.165) is 30.0 Å². The van der Waals surface area contributed by atoms with Crippen LogP contribution in [-0.2, 0) is 7.05 Å². The predicted octanol–water partition coefficient (Wildman–Crippen LogP) is 2.72. The van der Waals surface area contributed by atoms with Crippen molar-refractivity contribution in [3.8, 4) is 5.75 Å². The molecule has 20 heavy (non-hydrogen) atoms. The van der Waals surface area contributed by atoms with Gasteiger partial charge in [-0.25, -0.2) is 0 Å². The minimum absolute atomic E-state index is 0.342. The molecule has 0 aliphatic carbocycles. The first-order valence-corrected chi connectivity index (χ1v) is 7.05. The van der Waals surface area contributed by atoms with Crippen LogP contribution in [-0.4, -0.2) is 21.5 Å². The largest absolute Gasteiger partial charge is 0.493 e. The number of nitrogens with zero attached hydrogens (tertiary/aromatic N) is 2. The first-order valence-electron chi connectivity index (χ1n) is 7.05. The van der Waals surface area contributed by atoms with E-state index in [2.05, 4.69) is 11.2 Å². The van der Waals surface area contributed by atoms with Crippen molar-refractivity contribution in [1.29, 1.82) is 0 Å². The molecule has 1 aromatic carbocycles. The predicted molar refractivity (Wildman–Crippen MR) is 76.8 cm³/mol. The summed E-state index contributed by atoms with van der Waals surface area (Å²) in [4.78, 5) is 0. The number of aliphatic hydroxyl groups excluding tert-OH is 1. The second-order valence-electron chi connectivity index (χ2n) is 5.43. The molecule has 3 rings (SSSR count). The van der Waals surface area contributed by atoms with Crippen molar-refractivity contribution < 1.29 is 9.84 Å². The van der Waals surface area contributed by atoms with Gasteiger partial charge in [0, 0.05) is 18.3 Å². The fourth-order valence-corrected chi connectivity index (χ4v) is 2.90. The third-order valence-corrected chi connectivity index (χ3v) is 4.22. The number of hydrogen-bond acceptors (Lipinski definition) is 3. The number of hydrogen-bond donors (Lipinski definition) is 1. The fourth-order valence-electron chi connectivity index (χ4n) is 2.90. The Bertz CT molecular complexity index is 606. The maximum absolute atomic E-state index is 10.5. The van der Waals surface area contributed by atoms with Crippen LogP contribution in [0.3, 0.4) is 0 Å². The summed E-state index contributed by atoms with van der Waals surface area (Å²) in [6, 6.07) is 8.12. The van der Waals surface area contributed by atoms with Gasteiger partial charge >= 0.3 is 0 Å². The van der Waals surface area contributed by atoms with Gasteiger partial charge in [-0.2, -0.15) is 5.10 Å². The minimum atomic E-state index is -0.472. The Balaban J connectivity index is 1.80. The lowest BCUT2D eigenvalue weighted by Gasteiger charge is -2.27. The molecular formula is C16H20N2O2. The Labute approximate surface area is 119 Å². The molecule has 2 atom stereocenters. The molecule has 0 saturated carbocycles. The number of fused-ring (bicyclic) bond motifs is 1. The molecular weight excluding hydrogens is 252 g/mol. The molecule has 0 amide bonds. The molecule has 1 aliphatic rings. The topological polar surface area (TPSA) is 47.3 Å². The summed E-state index contributed by atoms with van der Waals surface area (Å²) in [6.07, 6.45) is 2.96. The summed E-state index contributed by atoms with van der Waals surface area (Å²) in [7, 11) is 1.90. The van der Waals surface area contributed by atoms with Crippen LogP contribution in [0, 0.1) is 6.92 Å². The lowest BCUT2D eigenvalue weighted by Crippen LogP contribution is -2.16. The van der Waals surface area contributed by atoms with Crippen molar-refractivity contribution in [1.82, 2.24) is 9.78 Å². The molecule has 4 heteroatoms. The van der Waals surface area contributed by atoms with Gasteiger partial charge in [0.25, 0.3) is 0 Å². The zero-order chi connectivity index (χ0) is 14.1. The van der Waals surface area contributed by atoms with Crippen LogP contribution in [0.4, 0.5) is 0 Å². The summed E-state index contributed by atoms with van der Waals surface area (Å²) >= 11 is 0. The summed E-state index contributed by atoms with van der Waals surface area (Å²) in [5.41, 5.74) is 3.16. The summed E-state index contributed by atoms with van der Waals surface area (Å²) in [5.74, 6) is 1.30. The first kappa shape index (κ1) is 13.2. The third kappa shape index (κ3) is 2.31. The van der Waals surface area contributed by atoms with Crippen LogP contribution < -0.4 is 4.74 Å². The van der Waals surface area contributed by atoms with Gasteiger partial charge < -0.3 is 9.84 Å². The molecule has 0 saturated heterocycles. The van der Waals surface area contributed by atoms with Crippen molar-refractivity contribution in [2.75, 3.05) is 6.61 Å². The van der Waals surface area contributed by atoms with Gasteiger partial charge in [0.2, 0.25) is 0 Å². The Morgan fingerprint density at radius 2 is 2.25 bits per heavy atom. The van der Waals surface area contributed by atoms with E-state index in [0.29, 0.717) is 12.3 Å². The molecule has 0 radical (unpaired) electrons. The molecule has 1 aromatic heterocycles. The number of benzene rings is 1. The van der Waals surface area contributed by atoms with Crippen molar-refractivity contribution in [2.45, 2.75) is 31.8 Å². The monoisotopic (exact) mass is 272 g/mol. The quantitative estimate of drug-likeness (QED) is 0.934. The van der Waals surface area contributed by atoms with E-state index in [-0.39, 0.29) is 0 Å². The molecule has 0 fully saturated rings. The van der Waals surface area contributed by atoms with Crippen molar-refractivity contribution in [3.63, 3.8) is 0 Å². The Morgan fingerprint density at radius 3 is 3.00 bits per heavy atom. The van der Waals surface area contributed by atoms with Gasteiger partial charge in [0.05, 0.1) is 18.9 Å². The van der Waals surface area contributed by atoms with Crippen molar-refractivity contribution in [3.05, 3.63) is 47.3 Å². The van der Waals surface area contributed by atoms with Crippen LogP contribution >= 0.6 is 0 Å². The molecule has 2 aromatic rings. The van der Waals surface area contributed by atoms with Crippen LogP contribution in [0.1, 0.15) is 41.7 Å². The molecule has 106 valence electrons. The first-order chi connectivity index (χ1) is 9.66. The van der Waals surface area contributed by atoms with Crippen molar-refractivity contribution >= 4 is 0 Å². The fraction of sp³-hybridized carbons (Fsp3) is 0.438. The maximum atomic E-state index is 10.5. The number of aryl methyl sites for hydroxylation is 1. The smallest absolute Gasteiger partial charge is 0.122 e. The molecule has 1 aliphatic heterocycles. The maximum Gasteiger partial charge on any atom is 0.122 e. The van der Waals surface area contributed by atoms with Crippen LogP contribution in [0.25, 0.3) is 0 Å². The van der Waals surface area contributed by atoms with Gasteiger partial charge in [-0.1, -0.05) is 18.2 Å². The summed E-state index contributed by atoms with van der Waals surface area (Å²) in [6.45, 7) is 2.71. The average molecular weight is 272 g/mol. The number of ether oxygens (including phenoxy) is 1. The summed E-state index contributed by atoms with van der Waals surface area (Å²) < 4.78 is 7.47. The highest BCUT2D eigenvalue weighted by Crippen LogP contribution is 2.39. The highest BCUT2D eigenvalue weighted by molar-refractivity contribution is 5.38. The minimum Gasteiger partial charge on any atom is -0.493 e. The van der Waals surface area contributed by atoms with Crippen molar-refractivity contribution in [2.24, 2.45) is 7.05 Å². The van der Waals surface area contributed by atoms with E-state index >= 15 is 0 Å². The highest BCUT2D eigenvalue weighted by atomic mass is 16.5. The normalized spacial score (nSPS) is 19.2. The molecule has 0 spiro atoms. The Morgan fingerprint density at radius 1 is 1.45 bits per heavy atom. The molecule has 4 nitrogen and oxygen atoms in total. The van der Waals surface area contributed by atoms with Crippen LogP contribution in [0.15, 0.2) is 30.5 Å². The van der Waals surface area contributed by atoms with E-state index in [1.807, 2.05) is 32.2 Å². The summed E-state index contributed by atoms with van der Waals surface area (Å²) in [5, 5.41) is 14.7. The zero-order valence-corrected chi connectivity index (χ0v) is 11.9. The Kier molecular flexibility index (Phi) is 3.49. The standard InChI is InChI=1S/C16H20N2O2/c1-11-14(10-17-18(11)2)15(19)9-12-7-8-20-16-6-4-3-5-13(12)16/h3-6,10,12,15,19H,7-9H2,1-2H3. The Hall–Kier alpha value is -1.81. The molecule has 1 N–H and O–H groups in total. The molecule has 2 unspecified atom stereocenters. The van der Waals surface area contributed by atoms with Gasteiger partial charge in [-0.3, -0.25) is 4.68 Å². The van der Waals surface area contributed by atoms with Gasteiger partial charge in [0.1, 0.15) is 5.75 Å². The number of aliphatic hydroxyl groups is 1. The van der Waals surface area contributed by atoms with E-state index in [4.69, 9.17) is 4.74 Å². The molecule has 2 heterocycles. The van der Waals surface area contributed by atoms with Gasteiger partial charge in [-0.15, -0.1) is 0 Å². The second-order valence-corrected chi connectivity index (χ2v) is 5.43. The average Bonchev–Trinajstić information content (AvgIpc) is 2.79. The number of para-hydroxylation sites is 1. The van der Waals surface area contributed by atoms with E-state index < -0.39 is 6.10 Å². The second kappa shape index (κ2) is 5.29. The van der Waals surface area contributed by atoms with Gasteiger partial charge in [-0.05, 0) is 37.3 Å². The SMILES string of the molecule is Cc1c(C(O)CC2CCOc3ccccc32)cnn1C. The molecule has 0 bridgehead atoms. The van der Waals surface area contributed by atoms with Gasteiger partial charge in [0.15, 0.2) is 0 Å². The lowest BCUT2D eigenvalue weighted by atomic mass is 9.87. The third-order valence-electron chi connectivity index (χ3n) is 4.22.